The molecule has 21 heavy (non-hydrogen) atoms. The number of para-hydroxylation sites is 1. The summed E-state index contributed by atoms with van der Waals surface area (Å²) in [4.78, 5) is 12.3. The van der Waals surface area contributed by atoms with Crippen LogP contribution in [0.15, 0.2) is 36.4 Å². The largest absolute Gasteiger partial charge is 0.507 e. The molecular formula is C16H15N3O2. The number of phenolic OH excluding ortho intramolecular Hbond substituents is 1. The van der Waals surface area contributed by atoms with Crippen molar-refractivity contribution in [1.82, 2.24) is 15.0 Å². The van der Waals surface area contributed by atoms with Crippen molar-refractivity contribution in [2.45, 2.75) is 20.4 Å². The molecule has 2 aromatic carbocycles. The van der Waals surface area contributed by atoms with Gasteiger partial charge in [-0.05, 0) is 49.2 Å². The average Bonchev–Trinajstić information content (AvgIpc) is 2.82. The third-order valence-corrected chi connectivity index (χ3v) is 3.63. The molecule has 0 saturated carbocycles. The van der Waals surface area contributed by atoms with Crippen LogP contribution in [0.4, 0.5) is 0 Å². The van der Waals surface area contributed by atoms with E-state index in [4.69, 9.17) is 0 Å². The van der Waals surface area contributed by atoms with Crippen LogP contribution in [0, 0.1) is 13.8 Å². The highest BCUT2D eigenvalue weighted by atomic mass is 16.3. The summed E-state index contributed by atoms with van der Waals surface area (Å²) >= 11 is 0. The molecule has 0 radical (unpaired) electrons. The van der Waals surface area contributed by atoms with Crippen LogP contribution in [0.5, 0.6) is 5.75 Å². The van der Waals surface area contributed by atoms with Crippen molar-refractivity contribution in [1.29, 1.82) is 0 Å². The van der Waals surface area contributed by atoms with E-state index in [9.17, 15) is 9.90 Å². The molecule has 0 fully saturated rings. The van der Waals surface area contributed by atoms with Crippen LogP contribution in [-0.2, 0) is 6.54 Å². The number of aromatic hydroxyl groups is 1. The topological polar surface area (TPSA) is 68.0 Å². The maximum Gasteiger partial charge on any atom is 0.188 e. The fourth-order valence-electron chi connectivity index (χ4n) is 2.27. The van der Waals surface area contributed by atoms with Gasteiger partial charge >= 0.3 is 0 Å². The molecule has 0 unspecified atom stereocenters. The molecule has 0 aliphatic carbocycles. The Morgan fingerprint density at radius 1 is 1.19 bits per heavy atom. The molecule has 5 nitrogen and oxygen atoms in total. The van der Waals surface area contributed by atoms with Crippen molar-refractivity contribution < 1.29 is 9.90 Å². The molecule has 3 aromatic rings. The first-order valence-corrected chi connectivity index (χ1v) is 6.68. The summed E-state index contributed by atoms with van der Waals surface area (Å²) in [5.74, 6) is -0.211. The van der Waals surface area contributed by atoms with Gasteiger partial charge in [0.05, 0.1) is 11.1 Å². The summed E-state index contributed by atoms with van der Waals surface area (Å²) in [6.45, 7) is 4.08. The Balaban J connectivity index is 1.97. The lowest BCUT2D eigenvalue weighted by atomic mass is 10.1. The van der Waals surface area contributed by atoms with Crippen LogP contribution in [0.3, 0.4) is 0 Å². The summed E-state index contributed by atoms with van der Waals surface area (Å²) in [7, 11) is 0. The van der Waals surface area contributed by atoms with Crippen molar-refractivity contribution in [2.75, 3.05) is 0 Å². The maximum absolute atomic E-state index is 12.3. The van der Waals surface area contributed by atoms with Gasteiger partial charge in [0.2, 0.25) is 0 Å². The first-order chi connectivity index (χ1) is 10.1. The number of hydrogen-bond acceptors (Lipinski definition) is 4. The number of phenols is 1. The molecule has 1 N–H and O–H groups in total. The molecule has 0 spiro atoms. The number of ketones is 1. The molecule has 0 atom stereocenters. The molecule has 1 heterocycles. The van der Waals surface area contributed by atoms with Crippen molar-refractivity contribution in [3.8, 4) is 5.75 Å². The second-order valence-corrected chi connectivity index (χ2v) is 5.11. The van der Waals surface area contributed by atoms with Gasteiger partial charge in [0.15, 0.2) is 5.78 Å². The summed E-state index contributed by atoms with van der Waals surface area (Å²) in [6, 6.07) is 10.4. The molecule has 5 heteroatoms. The van der Waals surface area contributed by atoms with Crippen LogP contribution in [0.2, 0.25) is 0 Å². The highest BCUT2D eigenvalue weighted by Crippen LogP contribution is 2.20. The number of fused-ring (bicyclic) bond motifs is 1. The predicted molar refractivity (Wildman–Crippen MR) is 79.4 cm³/mol. The van der Waals surface area contributed by atoms with E-state index in [-0.39, 0.29) is 18.1 Å². The summed E-state index contributed by atoms with van der Waals surface area (Å²) in [5.41, 5.74) is 4.15. The number of carbonyl (C=O) groups is 1. The average molecular weight is 281 g/mol. The Hall–Kier alpha value is -2.69. The number of aromatic nitrogens is 3. The van der Waals surface area contributed by atoms with Gasteiger partial charge in [0.1, 0.15) is 17.8 Å². The standard InChI is InChI=1S/C16H15N3O2/c1-10-7-13-14(8-11(10)2)19(18-17-13)9-16(21)12-5-3-4-6-15(12)20/h3-8,20H,9H2,1-2H3. The molecule has 0 aliphatic rings. The normalized spacial score (nSPS) is 11.0. The smallest absolute Gasteiger partial charge is 0.188 e. The number of rotatable bonds is 3. The molecule has 0 saturated heterocycles. The minimum Gasteiger partial charge on any atom is -0.507 e. The van der Waals surface area contributed by atoms with Gasteiger partial charge in [0.25, 0.3) is 0 Å². The third kappa shape index (κ3) is 2.38. The Morgan fingerprint density at radius 2 is 1.90 bits per heavy atom. The highest BCUT2D eigenvalue weighted by molar-refractivity contribution is 5.98. The minimum absolute atomic E-state index is 0.0149. The first kappa shape index (κ1) is 13.3. The van der Waals surface area contributed by atoms with Gasteiger partial charge in [-0.3, -0.25) is 4.79 Å². The van der Waals surface area contributed by atoms with Crippen LogP contribution in [0.25, 0.3) is 11.0 Å². The predicted octanol–water partition coefficient (Wildman–Crippen LogP) is 2.64. The first-order valence-electron chi connectivity index (χ1n) is 6.68. The highest BCUT2D eigenvalue weighted by Gasteiger charge is 2.14. The summed E-state index contributed by atoms with van der Waals surface area (Å²) in [5, 5.41) is 17.9. The van der Waals surface area contributed by atoms with Crippen molar-refractivity contribution in [2.24, 2.45) is 0 Å². The Bertz CT molecular complexity index is 837. The van der Waals surface area contributed by atoms with E-state index >= 15 is 0 Å². The number of benzene rings is 2. The van der Waals surface area contributed by atoms with Gasteiger partial charge in [-0.25, -0.2) is 4.68 Å². The van der Waals surface area contributed by atoms with Gasteiger partial charge in [-0.2, -0.15) is 0 Å². The fraction of sp³-hybridized carbons (Fsp3) is 0.188. The summed E-state index contributed by atoms with van der Waals surface area (Å²) < 4.78 is 1.57. The van der Waals surface area contributed by atoms with E-state index in [0.29, 0.717) is 5.56 Å². The monoisotopic (exact) mass is 281 g/mol. The lowest BCUT2D eigenvalue weighted by molar-refractivity contribution is 0.0966. The van der Waals surface area contributed by atoms with E-state index in [1.54, 1.807) is 22.9 Å². The number of hydrogen-bond donors (Lipinski definition) is 1. The second kappa shape index (κ2) is 5.01. The number of carbonyl (C=O) groups excluding carboxylic acids is 1. The second-order valence-electron chi connectivity index (χ2n) is 5.11. The van der Waals surface area contributed by atoms with E-state index in [0.717, 1.165) is 22.2 Å². The molecular weight excluding hydrogens is 266 g/mol. The molecule has 0 amide bonds. The molecule has 0 aliphatic heterocycles. The van der Waals surface area contributed by atoms with Crippen molar-refractivity contribution in [3.05, 3.63) is 53.1 Å². The van der Waals surface area contributed by atoms with E-state index in [2.05, 4.69) is 10.3 Å². The van der Waals surface area contributed by atoms with Crippen molar-refractivity contribution >= 4 is 16.8 Å². The summed E-state index contributed by atoms with van der Waals surface area (Å²) in [6.07, 6.45) is 0. The van der Waals surface area contributed by atoms with Crippen LogP contribution >= 0.6 is 0 Å². The Labute approximate surface area is 121 Å². The number of aryl methyl sites for hydroxylation is 2. The lowest BCUT2D eigenvalue weighted by Crippen LogP contribution is -2.12. The quantitative estimate of drug-likeness (QED) is 0.749. The molecule has 3 rings (SSSR count). The van der Waals surface area contributed by atoms with E-state index in [1.165, 1.54) is 6.07 Å². The maximum atomic E-state index is 12.3. The van der Waals surface area contributed by atoms with Crippen LogP contribution in [-0.4, -0.2) is 25.9 Å². The molecule has 106 valence electrons. The van der Waals surface area contributed by atoms with Gasteiger partial charge < -0.3 is 5.11 Å². The zero-order valence-electron chi connectivity index (χ0n) is 11.9. The van der Waals surface area contributed by atoms with E-state index in [1.807, 2.05) is 26.0 Å². The zero-order chi connectivity index (χ0) is 15.0. The Kier molecular flexibility index (Phi) is 3.17. The number of Topliss-reactive ketones (excluding diaryl/α,β-unsaturated/α-hetero) is 1. The van der Waals surface area contributed by atoms with Crippen LogP contribution in [0.1, 0.15) is 21.5 Å². The lowest BCUT2D eigenvalue weighted by Gasteiger charge is -2.05. The van der Waals surface area contributed by atoms with E-state index < -0.39 is 0 Å². The Morgan fingerprint density at radius 3 is 2.67 bits per heavy atom. The van der Waals surface area contributed by atoms with Gasteiger partial charge in [-0.15, -0.1) is 5.10 Å². The molecule has 1 aromatic heterocycles. The number of nitrogens with zero attached hydrogens (tertiary/aromatic N) is 3. The van der Waals surface area contributed by atoms with Crippen molar-refractivity contribution in [3.63, 3.8) is 0 Å². The minimum atomic E-state index is -0.196. The SMILES string of the molecule is Cc1cc2nnn(CC(=O)c3ccccc3O)c2cc1C. The van der Waals surface area contributed by atoms with Gasteiger partial charge in [-0.1, -0.05) is 17.3 Å². The van der Waals surface area contributed by atoms with Crippen LogP contribution < -0.4 is 0 Å². The fourth-order valence-corrected chi connectivity index (χ4v) is 2.27. The zero-order valence-corrected chi connectivity index (χ0v) is 11.9. The third-order valence-electron chi connectivity index (χ3n) is 3.63. The van der Waals surface area contributed by atoms with Gasteiger partial charge in [0, 0.05) is 0 Å². The molecule has 0 bridgehead atoms.